The van der Waals surface area contributed by atoms with E-state index in [9.17, 15) is 0 Å². The van der Waals surface area contributed by atoms with Crippen molar-refractivity contribution < 1.29 is 4.42 Å². The maximum atomic E-state index is 5.53. The van der Waals surface area contributed by atoms with Crippen LogP contribution in [0.5, 0.6) is 0 Å². The highest BCUT2D eigenvalue weighted by molar-refractivity contribution is 9.10. The molecule has 0 aliphatic carbocycles. The molecule has 19 heavy (non-hydrogen) atoms. The summed E-state index contributed by atoms with van der Waals surface area (Å²) in [5.41, 5.74) is 2.53. The maximum Gasteiger partial charge on any atom is 0.108 e. The molecular formula is C15H12Br2OS. The summed E-state index contributed by atoms with van der Waals surface area (Å²) in [6, 6.07) is 8.39. The molecule has 2 heterocycles. The van der Waals surface area contributed by atoms with Gasteiger partial charge in [0.1, 0.15) is 5.76 Å². The van der Waals surface area contributed by atoms with Gasteiger partial charge < -0.3 is 4.42 Å². The minimum absolute atomic E-state index is 0.184. The number of alkyl halides is 1. The van der Waals surface area contributed by atoms with Gasteiger partial charge in [-0.2, -0.15) is 0 Å². The van der Waals surface area contributed by atoms with E-state index in [1.165, 1.54) is 21.2 Å². The summed E-state index contributed by atoms with van der Waals surface area (Å²) in [4.78, 5) is 0.184. The molecule has 1 unspecified atom stereocenters. The Morgan fingerprint density at radius 1 is 1.26 bits per heavy atom. The van der Waals surface area contributed by atoms with Gasteiger partial charge in [0.05, 0.1) is 11.1 Å². The summed E-state index contributed by atoms with van der Waals surface area (Å²) in [7, 11) is 0. The van der Waals surface area contributed by atoms with Crippen LogP contribution in [0.1, 0.15) is 28.6 Å². The number of furan rings is 1. The van der Waals surface area contributed by atoms with Gasteiger partial charge in [0.2, 0.25) is 0 Å². The fourth-order valence-corrected chi connectivity index (χ4v) is 4.88. The molecule has 0 saturated carbocycles. The van der Waals surface area contributed by atoms with E-state index in [2.05, 4.69) is 68.4 Å². The molecule has 0 bridgehead atoms. The van der Waals surface area contributed by atoms with Gasteiger partial charge >= 0.3 is 0 Å². The van der Waals surface area contributed by atoms with Crippen LogP contribution < -0.4 is 0 Å². The summed E-state index contributed by atoms with van der Waals surface area (Å²) in [6.07, 6.45) is 2.68. The predicted molar refractivity (Wildman–Crippen MR) is 88.4 cm³/mol. The Kier molecular flexibility index (Phi) is 3.83. The molecule has 4 heteroatoms. The first-order valence-corrected chi connectivity index (χ1v) is 8.67. The molecule has 3 aromatic rings. The zero-order valence-corrected chi connectivity index (χ0v) is 14.3. The molecular weight excluding hydrogens is 388 g/mol. The van der Waals surface area contributed by atoms with Crippen LogP contribution in [0.25, 0.3) is 10.1 Å². The fraction of sp³-hybridized carbons (Fsp3) is 0.200. The van der Waals surface area contributed by atoms with E-state index < -0.39 is 0 Å². The molecule has 1 nitrogen and oxygen atoms in total. The standard InChI is InChI=1S/C15H12Br2OS/c1-2-13-10(6-7-18-13)14(17)11-8-19-15-9(11)4-3-5-12(15)16/h3-8,14H,2H2,1H3. The van der Waals surface area contributed by atoms with E-state index in [1.54, 1.807) is 17.6 Å². The second-order valence-electron chi connectivity index (χ2n) is 4.32. The quantitative estimate of drug-likeness (QED) is 0.470. The molecule has 3 rings (SSSR count). The lowest BCUT2D eigenvalue weighted by Crippen LogP contribution is -1.93. The largest absolute Gasteiger partial charge is 0.469 e. The highest BCUT2D eigenvalue weighted by Crippen LogP contribution is 2.42. The number of halogens is 2. The van der Waals surface area contributed by atoms with Crippen LogP contribution in [0.3, 0.4) is 0 Å². The zero-order chi connectivity index (χ0) is 13.4. The minimum Gasteiger partial charge on any atom is -0.469 e. The summed E-state index contributed by atoms with van der Waals surface area (Å²) >= 11 is 9.21. The number of aryl methyl sites for hydroxylation is 1. The van der Waals surface area contributed by atoms with Gasteiger partial charge in [-0.1, -0.05) is 35.0 Å². The number of benzene rings is 1. The fourth-order valence-electron chi connectivity index (χ4n) is 2.27. The predicted octanol–water partition coefficient (Wildman–Crippen LogP) is 6.30. The highest BCUT2D eigenvalue weighted by atomic mass is 79.9. The lowest BCUT2D eigenvalue weighted by Gasteiger charge is -2.09. The molecule has 98 valence electrons. The minimum atomic E-state index is 0.184. The van der Waals surface area contributed by atoms with Gasteiger partial charge in [0, 0.05) is 21.2 Å². The second-order valence-corrected chi connectivity index (χ2v) is 6.97. The molecule has 0 radical (unpaired) electrons. The van der Waals surface area contributed by atoms with Crippen LogP contribution in [0.15, 0.2) is 44.8 Å². The first-order chi connectivity index (χ1) is 9.22. The van der Waals surface area contributed by atoms with E-state index >= 15 is 0 Å². The van der Waals surface area contributed by atoms with Crippen LogP contribution in [0, 0.1) is 0 Å². The van der Waals surface area contributed by atoms with Crippen molar-refractivity contribution in [2.24, 2.45) is 0 Å². The molecule has 0 saturated heterocycles. The van der Waals surface area contributed by atoms with Crippen molar-refractivity contribution in [3.63, 3.8) is 0 Å². The Hall–Kier alpha value is -0.580. The van der Waals surface area contributed by atoms with Crippen molar-refractivity contribution in [2.45, 2.75) is 18.2 Å². The smallest absolute Gasteiger partial charge is 0.108 e. The van der Waals surface area contributed by atoms with Gasteiger partial charge in [-0.25, -0.2) is 0 Å². The van der Waals surface area contributed by atoms with Crippen LogP contribution in [0.4, 0.5) is 0 Å². The van der Waals surface area contributed by atoms with E-state index in [0.717, 1.165) is 16.7 Å². The summed E-state index contributed by atoms with van der Waals surface area (Å²) in [5, 5.41) is 3.52. The van der Waals surface area contributed by atoms with E-state index in [0.29, 0.717) is 0 Å². The summed E-state index contributed by atoms with van der Waals surface area (Å²) in [5.74, 6) is 1.05. The molecule has 0 aliphatic rings. The maximum absolute atomic E-state index is 5.53. The third-order valence-electron chi connectivity index (χ3n) is 3.23. The van der Waals surface area contributed by atoms with Crippen molar-refractivity contribution in [1.29, 1.82) is 0 Å². The Balaban J connectivity index is 2.12. The monoisotopic (exact) mass is 398 g/mol. The average molecular weight is 400 g/mol. The van der Waals surface area contributed by atoms with Crippen molar-refractivity contribution in [2.75, 3.05) is 0 Å². The number of thiophene rings is 1. The van der Waals surface area contributed by atoms with Crippen LogP contribution in [-0.2, 0) is 6.42 Å². The first-order valence-electron chi connectivity index (χ1n) is 6.08. The van der Waals surface area contributed by atoms with Crippen molar-refractivity contribution in [3.05, 3.63) is 57.3 Å². The first kappa shape index (κ1) is 13.4. The summed E-state index contributed by atoms with van der Waals surface area (Å²) in [6.45, 7) is 2.12. The molecule has 1 atom stereocenters. The lowest BCUT2D eigenvalue weighted by atomic mass is 10.0. The number of hydrogen-bond donors (Lipinski definition) is 0. The zero-order valence-electron chi connectivity index (χ0n) is 10.3. The third kappa shape index (κ3) is 2.30. The van der Waals surface area contributed by atoms with Crippen LogP contribution >= 0.6 is 43.2 Å². The number of rotatable bonds is 3. The van der Waals surface area contributed by atoms with E-state index in [4.69, 9.17) is 4.42 Å². The SMILES string of the molecule is CCc1occc1C(Br)c1csc2c(Br)cccc12. The average Bonchev–Trinajstić information content (AvgIpc) is 3.05. The van der Waals surface area contributed by atoms with E-state index in [-0.39, 0.29) is 4.83 Å². The van der Waals surface area contributed by atoms with Gasteiger partial charge in [0.25, 0.3) is 0 Å². The Morgan fingerprint density at radius 2 is 2.11 bits per heavy atom. The Labute approximate surface area is 132 Å². The molecule has 0 N–H and O–H groups in total. The molecule has 0 fully saturated rings. The van der Waals surface area contributed by atoms with E-state index in [1.807, 2.05) is 0 Å². The third-order valence-corrected chi connectivity index (χ3v) is 6.19. The molecule has 2 aromatic heterocycles. The topological polar surface area (TPSA) is 13.1 Å². The van der Waals surface area contributed by atoms with Gasteiger partial charge in [0.15, 0.2) is 0 Å². The van der Waals surface area contributed by atoms with Gasteiger partial charge in [-0.05, 0) is 44.4 Å². The lowest BCUT2D eigenvalue weighted by molar-refractivity contribution is 0.512. The Morgan fingerprint density at radius 3 is 2.89 bits per heavy atom. The number of fused-ring (bicyclic) bond motifs is 1. The van der Waals surface area contributed by atoms with Crippen molar-refractivity contribution in [1.82, 2.24) is 0 Å². The summed E-state index contributed by atoms with van der Waals surface area (Å²) < 4.78 is 7.98. The molecule has 0 aliphatic heterocycles. The second kappa shape index (κ2) is 5.43. The van der Waals surface area contributed by atoms with Crippen LogP contribution in [-0.4, -0.2) is 0 Å². The highest BCUT2D eigenvalue weighted by Gasteiger charge is 2.19. The van der Waals surface area contributed by atoms with Crippen LogP contribution in [0.2, 0.25) is 0 Å². The van der Waals surface area contributed by atoms with Gasteiger partial charge in [-0.3, -0.25) is 0 Å². The van der Waals surface area contributed by atoms with Crippen molar-refractivity contribution in [3.8, 4) is 0 Å². The molecule has 0 spiro atoms. The normalized spacial score (nSPS) is 13.0. The number of hydrogen-bond acceptors (Lipinski definition) is 2. The molecule has 0 amide bonds. The van der Waals surface area contributed by atoms with Gasteiger partial charge in [-0.15, -0.1) is 11.3 Å². The molecule has 1 aromatic carbocycles. The Bertz CT molecular complexity index is 714. The van der Waals surface area contributed by atoms with Crippen molar-refractivity contribution >= 4 is 53.3 Å².